The number of morpholine rings is 1. The number of hydrogen-bond donors (Lipinski definition) is 2. The third kappa shape index (κ3) is 4.90. The van der Waals surface area contributed by atoms with Crippen LogP contribution >= 0.6 is 0 Å². The van der Waals surface area contributed by atoms with E-state index in [1.807, 2.05) is 35.2 Å². The largest absolute Gasteiger partial charge is 0.377 e. The van der Waals surface area contributed by atoms with Crippen LogP contribution < -0.4 is 4.72 Å². The van der Waals surface area contributed by atoms with E-state index in [-0.39, 0.29) is 31.7 Å². The molecule has 1 aromatic heterocycles. The molecule has 1 aliphatic heterocycles. The van der Waals surface area contributed by atoms with E-state index in [1.165, 1.54) is 12.8 Å². The van der Waals surface area contributed by atoms with Gasteiger partial charge in [0.2, 0.25) is 15.9 Å². The first-order chi connectivity index (χ1) is 18.4. The third-order valence-corrected chi connectivity index (χ3v) is 9.83. The van der Waals surface area contributed by atoms with Crippen molar-refractivity contribution in [3.8, 4) is 11.3 Å². The Hall–Kier alpha value is -3.01. The molecule has 0 spiro atoms. The van der Waals surface area contributed by atoms with Crippen LogP contribution in [0.1, 0.15) is 51.7 Å². The van der Waals surface area contributed by atoms with Crippen LogP contribution in [0.5, 0.6) is 0 Å². The Labute approximate surface area is 225 Å². The van der Waals surface area contributed by atoms with E-state index in [0.717, 1.165) is 11.8 Å². The zero-order valence-electron chi connectivity index (χ0n) is 21.3. The predicted molar refractivity (Wildman–Crippen MR) is 148 cm³/mol. The van der Waals surface area contributed by atoms with E-state index in [1.54, 1.807) is 18.2 Å². The van der Waals surface area contributed by atoms with Crippen molar-refractivity contribution >= 4 is 33.1 Å². The summed E-state index contributed by atoms with van der Waals surface area (Å²) in [6.07, 6.45) is 5.77. The minimum atomic E-state index is -3.77. The summed E-state index contributed by atoms with van der Waals surface area (Å²) in [6.45, 7) is 1.89. The Kier molecular flexibility index (Phi) is 6.84. The Balaban J connectivity index is 0.00000185. The van der Waals surface area contributed by atoms with Gasteiger partial charge in [0.15, 0.2) is 6.29 Å². The molecule has 1 atom stereocenters. The highest BCUT2D eigenvalue weighted by Crippen LogP contribution is 2.38. The standard InChI is InChI=1S/C29H33N3O5S.2H2/c33-17-25-24-13-12-23(16-26(24)30-28(25)20-4-2-1-3-5-20)38(35,36)31-22-10-8-21(9-11-22)29(34)32-14-15-37-18-27(32)19-6-7-19;;/h1-5,12-13,16-17,19,21-22,27,30-31H,6-11,14-15,18H2;2*1H/t21?,22?,27-;;/m1../s1. The molecule has 0 radical (unpaired) electrons. The summed E-state index contributed by atoms with van der Waals surface area (Å²) in [6, 6.07) is 14.3. The SMILES string of the molecule is O=Cc1c(-c2ccccc2)[nH]c2cc(S(=O)(=O)NC3CCC(C(=O)N4CCOC[C@@H]4C4CC4)CC3)ccc12.[HH].[HH]. The zero-order chi connectivity index (χ0) is 26.3. The number of rotatable bonds is 7. The number of carbonyl (C=O) groups excluding carboxylic acids is 2. The van der Waals surface area contributed by atoms with Crippen molar-refractivity contribution in [1.29, 1.82) is 0 Å². The smallest absolute Gasteiger partial charge is 0.240 e. The van der Waals surface area contributed by atoms with Gasteiger partial charge in [0.25, 0.3) is 0 Å². The van der Waals surface area contributed by atoms with E-state index >= 15 is 0 Å². The topological polar surface area (TPSA) is 109 Å². The molecule has 2 aromatic carbocycles. The Morgan fingerprint density at radius 1 is 1.05 bits per heavy atom. The van der Waals surface area contributed by atoms with Crippen LogP contribution in [0.3, 0.4) is 0 Å². The molecule has 204 valence electrons. The minimum absolute atomic E-state index is 0. The van der Waals surface area contributed by atoms with Crippen molar-refractivity contribution in [3.05, 3.63) is 54.1 Å². The molecule has 1 saturated heterocycles. The average molecular weight is 540 g/mol. The molecule has 3 aliphatic rings. The second-order valence-corrected chi connectivity index (χ2v) is 12.5. The molecule has 2 heterocycles. The fourth-order valence-corrected chi connectivity index (χ4v) is 7.40. The minimum Gasteiger partial charge on any atom is -0.377 e. The molecule has 0 bridgehead atoms. The van der Waals surface area contributed by atoms with Crippen LogP contribution in [0, 0.1) is 11.8 Å². The second kappa shape index (κ2) is 10.3. The number of fused-ring (bicyclic) bond motifs is 1. The summed E-state index contributed by atoms with van der Waals surface area (Å²) in [5.41, 5.74) is 2.64. The van der Waals surface area contributed by atoms with Gasteiger partial charge in [-0.15, -0.1) is 0 Å². The van der Waals surface area contributed by atoms with Crippen molar-refractivity contribution in [2.45, 2.75) is 55.5 Å². The van der Waals surface area contributed by atoms with Gasteiger partial charge in [-0.3, -0.25) is 9.59 Å². The molecular formula is C29H37N3O5S. The van der Waals surface area contributed by atoms with Crippen molar-refractivity contribution < 1.29 is 25.6 Å². The van der Waals surface area contributed by atoms with E-state index in [0.29, 0.717) is 73.5 Å². The van der Waals surface area contributed by atoms with Crippen molar-refractivity contribution in [2.24, 2.45) is 11.8 Å². The summed E-state index contributed by atoms with van der Waals surface area (Å²) >= 11 is 0. The lowest BCUT2D eigenvalue weighted by Gasteiger charge is -2.39. The number of aromatic amines is 1. The molecule has 3 aromatic rings. The highest BCUT2D eigenvalue weighted by atomic mass is 32.2. The second-order valence-electron chi connectivity index (χ2n) is 10.8. The first kappa shape index (κ1) is 25.3. The third-order valence-electron chi connectivity index (χ3n) is 8.31. The maximum Gasteiger partial charge on any atom is 0.240 e. The number of ether oxygens (including phenoxy) is 1. The molecule has 9 heteroatoms. The van der Waals surface area contributed by atoms with Crippen LogP contribution in [0.4, 0.5) is 0 Å². The maximum absolute atomic E-state index is 13.3. The number of nitrogens with one attached hydrogen (secondary N) is 2. The van der Waals surface area contributed by atoms with E-state index < -0.39 is 10.0 Å². The Morgan fingerprint density at radius 2 is 1.82 bits per heavy atom. The summed E-state index contributed by atoms with van der Waals surface area (Å²) in [5.74, 6) is 0.734. The fourth-order valence-electron chi connectivity index (χ4n) is 6.07. The molecule has 8 nitrogen and oxygen atoms in total. The number of hydrogen-bond acceptors (Lipinski definition) is 5. The van der Waals surface area contributed by atoms with Gasteiger partial charge in [-0.1, -0.05) is 36.4 Å². The lowest BCUT2D eigenvalue weighted by Crippen LogP contribution is -2.52. The van der Waals surface area contributed by atoms with Gasteiger partial charge >= 0.3 is 0 Å². The van der Waals surface area contributed by atoms with Crippen LogP contribution in [0.15, 0.2) is 53.4 Å². The average Bonchev–Trinajstić information content (AvgIpc) is 3.73. The molecule has 38 heavy (non-hydrogen) atoms. The van der Waals surface area contributed by atoms with E-state index in [4.69, 9.17) is 4.74 Å². The zero-order valence-corrected chi connectivity index (χ0v) is 22.1. The van der Waals surface area contributed by atoms with Gasteiger partial charge in [0.1, 0.15) is 0 Å². The quantitative estimate of drug-likeness (QED) is 0.426. The fraction of sp³-hybridized carbons (Fsp3) is 0.448. The number of aromatic nitrogens is 1. The molecule has 0 unspecified atom stereocenters. The first-order valence-corrected chi connectivity index (χ1v) is 15.0. The summed E-state index contributed by atoms with van der Waals surface area (Å²) in [7, 11) is -3.77. The van der Waals surface area contributed by atoms with Crippen molar-refractivity contribution in [1.82, 2.24) is 14.6 Å². The van der Waals surface area contributed by atoms with Gasteiger partial charge in [0, 0.05) is 37.8 Å². The molecule has 2 aliphatic carbocycles. The highest BCUT2D eigenvalue weighted by Gasteiger charge is 2.41. The maximum atomic E-state index is 13.3. The van der Waals surface area contributed by atoms with Crippen molar-refractivity contribution in [2.75, 3.05) is 19.8 Å². The van der Waals surface area contributed by atoms with E-state index in [9.17, 15) is 18.0 Å². The number of aldehydes is 1. The van der Waals surface area contributed by atoms with Crippen LogP contribution in [-0.4, -0.2) is 62.3 Å². The molecule has 1 amide bonds. The molecule has 2 N–H and O–H groups in total. The van der Waals surface area contributed by atoms with Gasteiger partial charge in [-0.05, 0) is 62.1 Å². The first-order valence-electron chi connectivity index (χ1n) is 13.5. The molecular weight excluding hydrogens is 502 g/mol. The summed E-state index contributed by atoms with van der Waals surface area (Å²) < 4.78 is 35.1. The van der Waals surface area contributed by atoms with Gasteiger partial charge in [0.05, 0.1) is 29.8 Å². The lowest BCUT2D eigenvalue weighted by molar-refractivity contribution is -0.146. The monoisotopic (exact) mass is 539 g/mol. The Morgan fingerprint density at radius 3 is 2.53 bits per heavy atom. The summed E-state index contributed by atoms with van der Waals surface area (Å²) in [4.78, 5) is 30.6. The number of amides is 1. The van der Waals surface area contributed by atoms with Crippen LogP contribution in [0.25, 0.3) is 22.2 Å². The summed E-state index contributed by atoms with van der Waals surface area (Å²) in [5, 5.41) is 0.685. The van der Waals surface area contributed by atoms with Crippen molar-refractivity contribution in [3.63, 3.8) is 0 Å². The number of benzene rings is 2. The predicted octanol–water partition coefficient (Wildman–Crippen LogP) is 4.61. The van der Waals surface area contributed by atoms with Gasteiger partial charge in [-0.2, -0.15) is 0 Å². The number of sulfonamides is 1. The number of nitrogens with zero attached hydrogens (tertiary/aromatic N) is 1. The Bertz CT molecular complexity index is 1450. The number of carbonyl (C=O) groups is 2. The molecule has 2 saturated carbocycles. The van der Waals surface area contributed by atoms with Gasteiger partial charge < -0.3 is 14.6 Å². The van der Waals surface area contributed by atoms with Crippen LogP contribution in [0.2, 0.25) is 0 Å². The van der Waals surface area contributed by atoms with Gasteiger partial charge in [-0.25, -0.2) is 13.1 Å². The molecule has 6 rings (SSSR count). The van der Waals surface area contributed by atoms with E-state index in [2.05, 4.69) is 9.71 Å². The highest BCUT2D eigenvalue weighted by molar-refractivity contribution is 7.89. The number of H-pyrrole nitrogens is 1. The molecule has 3 fully saturated rings. The van der Waals surface area contributed by atoms with Crippen LogP contribution in [-0.2, 0) is 19.6 Å². The normalized spacial score (nSPS) is 24.4. The lowest BCUT2D eigenvalue weighted by atomic mass is 9.85.